The molecule has 0 spiro atoms. The van der Waals surface area contributed by atoms with Crippen molar-refractivity contribution in [2.45, 2.75) is 25.4 Å². The number of hydrogen-bond donors (Lipinski definition) is 1. The maximum atomic E-state index is 11.6. The van der Waals surface area contributed by atoms with Crippen LogP contribution in [0.2, 0.25) is 0 Å². The molecular formula is C19H22N4O4. The van der Waals surface area contributed by atoms with Crippen LogP contribution in [0.25, 0.3) is 0 Å². The normalized spacial score (nSPS) is 17.3. The number of nitrogens with one attached hydrogen (secondary N) is 1. The number of piperidine rings is 1. The zero-order valence-corrected chi connectivity index (χ0v) is 15.1. The molecule has 0 saturated carbocycles. The maximum absolute atomic E-state index is 11.6. The Morgan fingerprint density at radius 3 is 2.89 bits per heavy atom. The first-order valence-corrected chi connectivity index (χ1v) is 8.82. The monoisotopic (exact) mass is 370 g/mol. The molecule has 1 aromatic carbocycles. The Labute approximate surface area is 157 Å². The number of carbonyl (C=O) groups excluding carboxylic acids is 1. The molecular weight excluding hydrogens is 348 g/mol. The highest BCUT2D eigenvalue weighted by Crippen LogP contribution is 2.26. The summed E-state index contributed by atoms with van der Waals surface area (Å²) in [6, 6.07) is 11.5. The van der Waals surface area contributed by atoms with E-state index < -0.39 is 10.9 Å². The van der Waals surface area contributed by atoms with Gasteiger partial charge in [0.2, 0.25) is 5.82 Å². The van der Waals surface area contributed by atoms with Gasteiger partial charge in [0, 0.05) is 31.4 Å². The Kier molecular flexibility index (Phi) is 5.97. The Morgan fingerprint density at radius 2 is 2.19 bits per heavy atom. The van der Waals surface area contributed by atoms with E-state index in [1.807, 2.05) is 18.2 Å². The molecule has 1 atom stereocenters. The number of esters is 1. The minimum Gasteiger partial charge on any atom is -0.465 e. The average Bonchev–Trinajstić information content (AvgIpc) is 2.68. The standard InChI is InChI=1S/C19H22N4O4/c1-27-19(24)15-10-17(23(25)26)18(20-11-15)21-16-8-5-9-22(13-16)12-14-6-3-2-4-7-14/h2-4,6-7,10-11,16H,5,8-9,12-13H2,1H3,(H,20,21). The summed E-state index contributed by atoms with van der Waals surface area (Å²) < 4.78 is 4.60. The summed E-state index contributed by atoms with van der Waals surface area (Å²) in [5.41, 5.74) is 1.08. The molecule has 1 aromatic heterocycles. The molecule has 1 saturated heterocycles. The number of methoxy groups -OCH3 is 1. The summed E-state index contributed by atoms with van der Waals surface area (Å²) >= 11 is 0. The number of rotatable bonds is 6. The van der Waals surface area contributed by atoms with Crippen molar-refractivity contribution in [2.75, 3.05) is 25.5 Å². The summed E-state index contributed by atoms with van der Waals surface area (Å²) in [6.45, 7) is 2.60. The van der Waals surface area contributed by atoms with Crippen LogP contribution < -0.4 is 5.32 Å². The summed E-state index contributed by atoms with van der Waals surface area (Å²) in [5, 5.41) is 14.6. The number of pyridine rings is 1. The molecule has 1 aliphatic rings. The molecule has 27 heavy (non-hydrogen) atoms. The summed E-state index contributed by atoms with van der Waals surface area (Å²) in [4.78, 5) is 28.9. The second-order valence-corrected chi connectivity index (χ2v) is 6.54. The minimum absolute atomic E-state index is 0.0534. The predicted molar refractivity (Wildman–Crippen MR) is 101 cm³/mol. The number of anilines is 1. The van der Waals surface area contributed by atoms with Gasteiger partial charge in [-0.15, -0.1) is 0 Å². The Bertz CT molecular complexity index is 813. The zero-order chi connectivity index (χ0) is 19.2. The van der Waals surface area contributed by atoms with Crippen molar-refractivity contribution < 1.29 is 14.5 Å². The van der Waals surface area contributed by atoms with Crippen molar-refractivity contribution in [2.24, 2.45) is 0 Å². The van der Waals surface area contributed by atoms with E-state index in [0.29, 0.717) is 0 Å². The molecule has 8 nitrogen and oxygen atoms in total. The Morgan fingerprint density at radius 1 is 1.41 bits per heavy atom. The number of carbonyl (C=O) groups is 1. The second kappa shape index (κ2) is 8.59. The first kappa shape index (κ1) is 18.8. The van der Waals surface area contributed by atoms with Gasteiger partial charge in [-0.05, 0) is 24.9 Å². The Hall–Kier alpha value is -3.00. The van der Waals surface area contributed by atoms with Crippen LogP contribution in [0, 0.1) is 10.1 Å². The molecule has 8 heteroatoms. The topological polar surface area (TPSA) is 97.6 Å². The van der Waals surface area contributed by atoms with Gasteiger partial charge >= 0.3 is 11.7 Å². The van der Waals surface area contributed by atoms with Crippen LogP contribution in [-0.4, -0.2) is 47.0 Å². The first-order chi connectivity index (χ1) is 13.1. The molecule has 0 aliphatic carbocycles. The average molecular weight is 370 g/mol. The van der Waals surface area contributed by atoms with E-state index in [9.17, 15) is 14.9 Å². The van der Waals surface area contributed by atoms with E-state index in [2.05, 4.69) is 32.1 Å². The van der Waals surface area contributed by atoms with Gasteiger partial charge in [-0.2, -0.15) is 0 Å². The van der Waals surface area contributed by atoms with Crippen molar-refractivity contribution in [3.8, 4) is 0 Å². The molecule has 2 aromatic rings. The highest BCUT2D eigenvalue weighted by molar-refractivity contribution is 5.90. The van der Waals surface area contributed by atoms with Crippen molar-refractivity contribution in [1.29, 1.82) is 0 Å². The number of hydrogen-bond acceptors (Lipinski definition) is 7. The van der Waals surface area contributed by atoms with Gasteiger partial charge in [-0.1, -0.05) is 30.3 Å². The Balaban J connectivity index is 1.70. The summed E-state index contributed by atoms with van der Waals surface area (Å²) in [5.74, 6) is -0.469. The van der Waals surface area contributed by atoms with Crippen LogP contribution >= 0.6 is 0 Å². The van der Waals surface area contributed by atoms with E-state index in [1.54, 1.807) is 0 Å². The van der Waals surface area contributed by atoms with Crippen LogP contribution in [0.1, 0.15) is 28.8 Å². The van der Waals surface area contributed by atoms with Crippen molar-refractivity contribution >= 4 is 17.5 Å². The first-order valence-electron chi connectivity index (χ1n) is 8.82. The van der Waals surface area contributed by atoms with Crippen LogP contribution in [0.4, 0.5) is 11.5 Å². The number of nitrogens with zero attached hydrogens (tertiary/aromatic N) is 3. The van der Waals surface area contributed by atoms with Gasteiger partial charge in [-0.25, -0.2) is 9.78 Å². The van der Waals surface area contributed by atoms with Crippen molar-refractivity contribution in [1.82, 2.24) is 9.88 Å². The smallest absolute Gasteiger partial charge is 0.339 e. The molecule has 0 amide bonds. The lowest BCUT2D eigenvalue weighted by Crippen LogP contribution is -2.41. The molecule has 1 fully saturated rings. The lowest BCUT2D eigenvalue weighted by molar-refractivity contribution is -0.384. The number of ether oxygens (including phenoxy) is 1. The fourth-order valence-electron chi connectivity index (χ4n) is 3.28. The molecule has 1 aliphatic heterocycles. The fourth-order valence-corrected chi connectivity index (χ4v) is 3.28. The lowest BCUT2D eigenvalue weighted by Gasteiger charge is -2.33. The highest BCUT2D eigenvalue weighted by Gasteiger charge is 2.25. The third-order valence-corrected chi connectivity index (χ3v) is 4.58. The number of likely N-dealkylation sites (tertiary alicyclic amines) is 1. The van der Waals surface area contributed by atoms with E-state index in [0.717, 1.165) is 32.5 Å². The molecule has 0 radical (unpaired) electrons. The van der Waals surface area contributed by atoms with Crippen LogP contribution in [-0.2, 0) is 11.3 Å². The molecule has 3 rings (SSSR count). The number of aromatic nitrogens is 1. The summed E-state index contributed by atoms with van der Waals surface area (Å²) in [7, 11) is 1.23. The van der Waals surface area contributed by atoms with Crippen molar-refractivity contribution in [3.05, 3.63) is 63.8 Å². The SMILES string of the molecule is COC(=O)c1cnc(NC2CCCN(Cc3ccccc3)C2)c([N+](=O)[O-])c1. The van der Waals surface area contributed by atoms with Gasteiger partial charge in [0.1, 0.15) is 0 Å². The van der Waals surface area contributed by atoms with Crippen molar-refractivity contribution in [3.63, 3.8) is 0 Å². The highest BCUT2D eigenvalue weighted by atomic mass is 16.6. The minimum atomic E-state index is -0.649. The zero-order valence-electron chi connectivity index (χ0n) is 15.1. The second-order valence-electron chi connectivity index (χ2n) is 6.54. The molecule has 1 unspecified atom stereocenters. The van der Waals surface area contributed by atoms with E-state index in [4.69, 9.17) is 0 Å². The maximum Gasteiger partial charge on any atom is 0.339 e. The quantitative estimate of drug-likeness (QED) is 0.474. The van der Waals surface area contributed by atoms with Gasteiger partial charge in [0.25, 0.3) is 0 Å². The third kappa shape index (κ3) is 4.79. The lowest BCUT2D eigenvalue weighted by atomic mass is 10.0. The van der Waals surface area contributed by atoms with Gasteiger partial charge in [0.15, 0.2) is 0 Å². The van der Waals surface area contributed by atoms with E-state index >= 15 is 0 Å². The number of benzene rings is 1. The summed E-state index contributed by atoms with van der Waals surface area (Å²) in [6.07, 6.45) is 3.20. The van der Waals surface area contributed by atoms with Gasteiger partial charge in [0.05, 0.1) is 17.6 Å². The largest absolute Gasteiger partial charge is 0.465 e. The molecule has 142 valence electrons. The number of nitro groups is 1. The van der Waals surface area contributed by atoms with Crippen LogP contribution in [0.15, 0.2) is 42.6 Å². The molecule has 1 N–H and O–H groups in total. The fraction of sp³-hybridized carbons (Fsp3) is 0.368. The van der Waals surface area contributed by atoms with E-state index in [1.165, 1.54) is 24.9 Å². The van der Waals surface area contributed by atoms with Gasteiger partial charge in [-0.3, -0.25) is 15.0 Å². The predicted octanol–water partition coefficient (Wildman–Crippen LogP) is 2.85. The molecule has 2 heterocycles. The van der Waals surface area contributed by atoms with Crippen LogP contribution in [0.5, 0.6) is 0 Å². The van der Waals surface area contributed by atoms with Gasteiger partial charge < -0.3 is 10.1 Å². The third-order valence-electron chi connectivity index (χ3n) is 4.58. The van der Waals surface area contributed by atoms with Crippen LogP contribution in [0.3, 0.4) is 0 Å². The molecule has 0 bridgehead atoms. The van der Waals surface area contributed by atoms with E-state index in [-0.39, 0.29) is 23.1 Å².